The van der Waals surface area contributed by atoms with Crippen LogP contribution in [0.1, 0.15) is 0 Å². The number of fused-ring (bicyclic) bond motifs is 6. The van der Waals surface area contributed by atoms with E-state index in [-0.39, 0.29) is 0 Å². The van der Waals surface area contributed by atoms with Crippen LogP contribution in [0.2, 0.25) is 0 Å². The Bertz CT molecular complexity index is 3050. The van der Waals surface area contributed by atoms with Crippen LogP contribution in [-0.2, 0) is 0 Å². The van der Waals surface area contributed by atoms with Crippen LogP contribution in [-0.4, -0.2) is 29.9 Å². The smallest absolute Gasteiger partial charge is 0.164 e. The Labute approximate surface area is 319 Å². The lowest BCUT2D eigenvalue weighted by Crippen LogP contribution is -2.03. The summed E-state index contributed by atoms with van der Waals surface area (Å²) in [7, 11) is 0. The van der Waals surface area contributed by atoms with Gasteiger partial charge >= 0.3 is 0 Å². The fourth-order valence-corrected chi connectivity index (χ4v) is 7.29. The number of hydrogen-bond donors (Lipinski definition) is 0. The van der Waals surface area contributed by atoms with E-state index in [1.54, 1.807) is 0 Å². The van der Waals surface area contributed by atoms with Crippen LogP contribution in [0, 0.1) is 0 Å². The van der Waals surface area contributed by atoms with E-state index in [9.17, 15) is 0 Å². The van der Waals surface area contributed by atoms with Gasteiger partial charge in [0, 0.05) is 54.9 Å². The normalized spacial score (nSPS) is 11.6. The predicted octanol–water partition coefficient (Wildman–Crippen LogP) is 11.9. The molecule has 11 rings (SSSR count). The van der Waals surface area contributed by atoms with Crippen molar-refractivity contribution in [2.75, 3.05) is 0 Å². The second kappa shape index (κ2) is 12.9. The third kappa shape index (κ3) is 5.47. The van der Waals surface area contributed by atoms with Gasteiger partial charge in [0.2, 0.25) is 0 Å². The van der Waals surface area contributed by atoms with Crippen LogP contribution >= 0.6 is 0 Å². The maximum absolute atomic E-state index is 6.14. The van der Waals surface area contributed by atoms with Crippen LogP contribution in [0.3, 0.4) is 0 Å². The summed E-state index contributed by atoms with van der Waals surface area (Å²) in [6, 6.07) is 56.1. The summed E-state index contributed by atoms with van der Waals surface area (Å²) in [5.74, 6) is 3.18. The van der Waals surface area contributed by atoms with E-state index in [1.165, 1.54) is 0 Å². The molecule has 0 unspecified atom stereocenters. The van der Waals surface area contributed by atoms with Crippen molar-refractivity contribution in [3.63, 3.8) is 0 Å². The van der Waals surface area contributed by atoms with E-state index < -0.39 is 0 Å². The van der Waals surface area contributed by atoms with Gasteiger partial charge in [-0.05, 0) is 48.5 Å². The quantitative estimate of drug-likeness (QED) is 0.167. The number of aromatic nitrogens is 6. The molecular formula is C48H28N6O2. The van der Waals surface area contributed by atoms with Crippen molar-refractivity contribution in [3.05, 3.63) is 170 Å². The molecule has 11 aromatic rings. The van der Waals surface area contributed by atoms with Crippen LogP contribution in [0.15, 0.2) is 179 Å². The molecule has 0 amide bonds. The minimum absolute atomic E-state index is 0.496. The molecule has 0 saturated heterocycles. The summed E-state index contributed by atoms with van der Waals surface area (Å²) >= 11 is 0. The van der Waals surface area contributed by atoms with Gasteiger partial charge in [0.15, 0.2) is 34.9 Å². The maximum Gasteiger partial charge on any atom is 0.164 e. The third-order valence-corrected chi connectivity index (χ3v) is 10.0. The van der Waals surface area contributed by atoms with Gasteiger partial charge in [-0.25, -0.2) is 29.9 Å². The Morgan fingerprint density at radius 3 is 1.04 bits per heavy atom. The maximum atomic E-state index is 6.14. The Hall–Kier alpha value is -7.84. The van der Waals surface area contributed by atoms with E-state index in [0.717, 1.165) is 77.3 Å². The molecule has 8 heteroatoms. The van der Waals surface area contributed by atoms with Crippen molar-refractivity contribution in [2.24, 2.45) is 0 Å². The van der Waals surface area contributed by atoms with Gasteiger partial charge in [0.1, 0.15) is 22.3 Å². The Morgan fingerprint density at radius 1 is 0.250 bits per heavy atom. The molecule has 4 aromatic heterocycles. The minimum Gasteiger partial charge on any atom is -0.456 e. The topological polar surface area (TPSA) is 104 Å². The number of hydrogen-bond acceptors (Lipinski definition) is 8. The average molecular weight is 721 g/mol. The van der Waals surface area contributed by atoms with E-state index in [2.05, 4.69) is 24.3 Å². The zero-order chi connectivity index (χ0) is 37.0. The number of benzene rings is 7. The van der Waals surface area contributed by atoms with Gasteiger partial charge in [-0.15, -0.1) is 0 Å². The summed E-state index contributed by atoms with van der Waals surface area (Å²) in [5.41, 5.74) is 8.24. The van der Waals surface area contributed by atoms with Gasteiger partial charge in [0.25, 0.3) is 0 Å². The highest BCUT2D eigenvalue weighted by molar-refractivity contribution is 6.07. The van der Waals surface area contributed by atoms with Gasteiger partial charge in [-0.2, -0.15) is 0 Å². The van der Waals surface area contributed by atoms with Crippen molar-refractivity contribution in [3.8, 4) is 68.3 Å². The van der Waals surface area contributed by atoms with Crippen LogP contribution in [0.25, 0.3) is 112 Å². The van der Waals surface area contributed by atoms with E-state index in [4.69, 9.17) is 38.7 Å². The molecule has 0 bridgehead atoms. The fraction of sp³-hybridized carbons (Fsp3) is 0. The molecule has 7 aromatic carbocycles. The van der Waals surface area contributed by atoms with Gasteiger partial charge in [-0.3, -0.25) is 0 Å². The van der Waals surface area contributed by atoms with Gasteiger partial charge < -0.3 is 8.83 Å². The second-order valence-corrected chi connectivity index (χ2v) is 13.5. The molecule has 0 radical (unpaired) electrons. The zero-order valence-electron chi connectivity index (χ0n) is 29.7. The standard InChI is InChI=1S/C48H28N6O2/c1-3-13-29(14-4-1)43-49-45(31-23-25-41-37(27-31)33-17-9-11-21-39(33)55-41)53-47(51-43)35-19-7-8-20-36(35)48-52-44(30-15-5-2-6-16-30)50-46(54-48)32-24-26-42-38(28-32)34-18-10-12-22-40(34)56-42/h1-28H. The molecule has 56 heavy (non-hydrogen) atoms. The first-order valence-electron chi connectivity index (χ1n) is 18.3. The average Bonchev–Trinajstić information content (AvgIpc) is 3.84. The largest absolute Gasteiger partial charge is 0.456 e. The van der Waals surface area contributed by atoms with Crippen molar-refractivity contribution in [1.82, 2.24) is 29.9 Å². The van der Waals surface area contributed by atoms with Crippen LogP contribution in [0.4, 0.5) is 0 Å². The SMILES string of the molecule is c1ccc(-c2nc(-c3ccc4oc5ccccc5c4c3)nc(-c3ccccc3-c3nc(-c4ccccc4)nc(-c4ccc5oc6ccccc6c5c4)n3)n2)cc1. The molecule has 0 spiro atoms. The number of nitrogens with zero attached hydrogens (tertiary/aromatic N) is 6. The molecule has 8 nitrogen and oxygen atoms in total. The monoisotopic (exact) mass is 720 g/mol. The molecule has 0 atom stereocenters. The van der Waals surface area contributed by atoms with E-state index in [1.807, 2.05) is 146 Å². The Kier molecular flexibility index (Phi) is 7.31. The summed E-state index contributed by atoms with van der Waals surface area (Å²) in [5, 5.41) is 4.06. The number of para-hydroxylation sites is 2. The van der Waals surface area contributed by atoms with Crippen molar-refractivity contribution in [2.45, 2.75) is 0 Å². The molecule has 4 heterocycles. The molecule has 0 fully saturated rings. The second-order valence-electron chi connectivity index (χ2n) is 13.5. The lowest BCUT2D eigenvalue weighted by atomic mass is 10.0. The molecular weight excluding hydrogens is 693 g/mol. The van der Waals surface area contributed by atoms with Gasteiger partial charge in [-0.1, -0.05) is 121 Å². The summed E-state index contributed by atoms with van der Waals surface area (Å²) < 4.78 is 12.3. The molecule has 0 N–H and O–H groups in total. The first-order valence-corrected chi connectivity index (χ1v) is 18.3. The lowest BCUT2D eigenvalue weighted by molar-refractivity contribution is 0.668. The highest BCUT2D eigenvalue weighted by Crippen LogP contribution is 2.36. The summed E-state index contributed by atoms with van der Waals surface area (Å²) in [6.45, 7) is 0. The third-order valence-electron chi connectivity index (χ3n) is 10.0. The highest BCUT2D eigenvalue weighted by Gasteiger charge is 2.20. The zero-order valence-corrected chi connectivity index (χ0v) is 29.7. The fourth-order valence-electron chi connectivity index (χ4n) is 7.29. The van der Waals surface area contributed by atoms with Crippen LogP contribution < -0.4 is 0 Å². The number of furan rings is 2. The van der Waals surface area contributed by atoms with Crippen LogP contribution in [0.5, 0.6) is 0 Å². The predicted molar refractivity (Wildman–Crippen MR) is 220 cm³/mol. The minimum atomic E-state index is 0.496. The summed E-state index contributed by atoms with van der Waals surface area (Å²) in [6.07, 6.45) is 0. The van der Waals surface area contributed by atoms with Crippen molar-refractivity contribution in [1.29, 1.82) is 0 Å². The van der Waals surface area contributed by atoms with Crippen molar-refractivity contribution < 1.29 is 8.83 Å². The first kappa shape index (κ1) is 31.7. The molecule has 0 aliphatic heterocycles. The molecule has 262 valence electrons. The van der Waals surface area contributed by atoms with Crippen molar-refractivity contribution >= 4 is 43.9 Å². The Balaban J connectivity index is 1.11. The number of rotatable bonds is 6. The van der Waals surface area contributed by atoms with E-state index >= 15 is 0 Å². The first-order chi connectivity index (χ1) is 27.7. The van der Waals surface area contributed by atoms with Gasteiger partial charge in [0.05, 0.1) is 0 Å². The highest BCUT2D eigenvalue weighted by atomic mass is 16.3. The summed E-state index contributed by atoms with van der Waals surface area (Å²) in [4.78, 5) is 30.5. The lowest BCUT2D eigenvalue weighted by Gasteiger charge is -2.13. The molecule has 0 aliphatic rings. The molecule has 0 aliphatic carbocycles. The molecule has 0 saturated carbocycles. The van der Waals surface area contributed by atoms with E-state index in [0.29, 0.717) is 34.9 Å². The Morgan fingerprint density at radius 2 is 0.589 bits per heavy atom.